The molecule has 1 aromatic carbocycles. The van der Waals surface area contributed by atoms with E-state index in [9.17, 15) is 9.59 Å². The molecule has 1 aliphatic carbocycles. The van der Waals surface area contributed by atoms with E-state index in [-0.39, 0.29) is 17.9 Å². The van der Waals surface area contributed by atoms with E-state index in [0.717, 1.165) is 22.4 Å². The highest BCUT2D eigenvalue weighted by atomic mass is 35.5. The predicted molar refractivity (Wildman–Crippen MR) is 142 cm³/mol. The van der Waals surface area contributed by atoms with Gasteiger partial charge in [0.15, 0.2) is 0 Å². The number of rotatable bonds is 3. The summed E-state index contributed by atoms with van der Waals surface area (Å²) < 4.78 is 7.33. The number of benzene rings is 1. The molecule has 2 aromatic heterocycles. The Labute approximate surface area is 221 Å². The SMILES string of the molecule is Cn1cnc(C(=O)C2=Cc3cccnc3[C@@H](N3CCN(C(=O)OC(C)(C)C)CC3)c3ccc(Cl)cc32)c1. The van der Waals surface area contributed by atoms with Crippen LogP contribution in [0.15, 0.2) is 49.1 Å². The van der Waals surface area contributed by atoms with Crippen LogP contribution < -0.4 is 0 Å². The van der Waals surface area contributed by atoms with Crippen molar-refractivity contribution in [2.24, 2.45) is 7.05 Å². The summed E-state index contributed by atoms with van der Waals surface area (Å²) in [5.41, 5.74) is 3.80. The molecule has 0 saturated carbocycles. The van der Waals surface area contributed by atoms with Gasteiger partial charge in [0, 0.05) is 56.2 Å². The average molecular weight is 520 g/mol. The van der Waals surface area contributed by atoms with Crippen molar-refractivity contribution >= 4 is 35.1 Å². The largest absolute Gasteiger partial charge is 0.444 e. The van der Waals surface area contributed by atoms with Crippen LogP contribution >= 0.6 is 11.6 Å². The van der Waals surface area contributed by atoms with Gasteiger partial charge in [-0.3, -0.25) is 14.7 Å². The molecule has 0 unspecified atom stereocenters. The second-order valence-electron chi connectivity index (χ2n) is 10.4. The Kier molecular flexibility index (Phi) is 6.64. The number of allylic oxidation sites excluding steroid dienone is 1. The maximum atomic E-state index is 13.7. The number of imidazole rings is 1. The van der Waals surface area contributed by atoms with Gasteiger partial charge < -0.3 is 14.2 Å². The first-order valence-corrected chi connectivity index (χ1v) is 12.7. The number of halogens is 1. The van der Waals surface area contributed by atoms with Crippen LogP contribution in [0.25, 0.3) is 11.6 Å². The van der Waals surface area contributed by atoms with Crippen molar-refractivity contribution in [1.29, 1.82) is 0 Å². The van der Waals surface area contributed by atoms with Crippen molar-refractivity contribution < 1.29 is 14.3 Å². The number of amides is 1. The molecule has 8 nitrogen and oxygen atoms in total. The number of hydrogen-bond donors (Lipinski definition) is 0. The normalized spacial score (nSPS) is 17.9. The molecule has 192 valence electrons. The summed E-state index contributed by atoms with van der Waals surface area (Å²) in [7, 11) is 1.84. The number of ether oxygens (including phenoxy) is 1. The van der Waals surface area contributed by atoms with Gasteiger partial charge in [0.25, 0.3) is 0 Å². The molecule has 1 atom stereocenters. The standard InChI is InChI=1S/C28H30ClN5O3/c1-28(2,3)37-27(36)34-12-10-33(11-13-34)25-20-8-7-19(29)15-21(20)22(14-18-6-5-9-30-24(18)25)26(35)23-16-32(4)17-31-23/h5-9,14-17,25H,10-13H2,1-4H3/t25-/m0/s1. The lowest BCUT2D eigenvalue weighted by molar-refractivity contribution is 0.0118. The Morgan fingerprint density at radius 1 is 1.08 bits per heavy atom. The lowest BCUT2D eigenvalue weighted by Gasteiger charge is -2.40. The summed E-state index contributed by atoms with van der Waals surface area (Å²) in [5.74, 6) is -0.172. The molecule has 1 amide bonds. The van der Waals surface area contributed by atoms with Crippen molar-refractivity contribution in [1.82, 2.24) is 24.3 Å². The zero-order valence-electron chi connectivity index (χ0n) is 21.4. The van der Waals surface area contributed by atoms with Gasteiger partial charge in [0.05, 0.1) is 18.1 Å². The van der Waals surface area contributed by atoms with Gasteiger partial charge >= 0.3 is 6.09 Å². The fourth-order valence-electron chi connectivity index (χ4n) is 4.88. The molecule has 1 saturated heterocycles. The van der Waals surface area contributed by atoms with Gasteiger partial charge in [-0.1, -0.05) is 23.7 Å². The third-order valence-electron chi connectivity index (χ3n) is 6.54. The molecule has 3 heterocycles. The first kappa shape index (κ1) is 25.2. The van der Waals surface area contributed by atoms with Crippen LogP contribution in [0.1, 0.15) is 59.7 Å². The van der Waals surface area contributed by atoms with E-state index in [1.54, 1.807) is 28.2 Å². The van der Waals surface area contributed by atoms with Gasteiger partial charge in [-0.05, 0) is 61.7 Å². The molecule has 0 spiro atoms. The molecule has 0 N–H and O–H groups in total. The van der Waals surface area contributed by atoms with E-state index in [4.69, 9.17) is 21.3 Å². The smallest absolute Gasteiger partial charge is 0.410 e. The van der Waals surface area contributed by atoms with E-state index in [2.05, 4.69) is 9.88 Å². The molecule has 1 aliphatic heterocycles. The second-order valence-corrected chi connectivity index (χ2v) is 10.9. The first-order valence-electron chi connectivity index (χ1n) is 12.3. The number of carbonyl (C=O) groups is 2. The van der Waals surface area contributed by atoms with Crippen LogP contribution in [-0.2, 0) is 11.8 Å². The number of fused-ring (bicyclic) bond motifs is 2. The monoisotopic (exact) mass is 519 g/mol. The minimum atomic E-state index is -0.543. The lowest BCUT2D eigenvalue weighted by atomic mass is 9.91. The van der Waals surface area contributed by atoms with Crippen LogP contribution in [0, 0.1) is 0 Å². The highest BCUT2D eigenvalue weighted by Gasteiger charge is 2.35. The van der Waals surface area contributed by atoms with Crippen LogP contribution in [-0.4, -0.2) is 68.0 Å². The Hall–Kier alpha value is -3.49. The Morgan fingerprint density at radius 3 is 2.51 bits per heavy atom. The van der Waals surface area contributed by atoms with Crippen molar-refractivity contribution in [2.45, 2.75) is 32.4 Å². The predicted octanol–water partition coefficient (Wildman–Crippen LogP) is 4.85. The van der Waals surface area contributed by atoms with Crippen molar-refractivity contribution in [2.75, 3.05) is 26.2 Å². The van der Waals surface area contributed by atoms with E-state index >= 15 is 0 Å². The topological polar surface area (TPSA) is 80.6 Å². The minimum Gasteiger partial charge on any atom is -0.444 e. The van der Waals surface area contributed by atoms with E-state index in [1.165, 1.54) is 0 Å². The van der Waals surface area contributed by atoms with Crippen molar-refractivity contribution in [3.63, 3.8) is 0 Å². The lowest BCUT2D eigenvalue weighted by Crippen LogP contribution is -2.51. The maximum absolute atomic E-state index is 13.7. The number of pyridine rings is 1. The number of nitrogens with zero attached hydrogens (tertiary/aromatic N) is 5. The molecule has 37 heavy (non-hydrogen) atoms. The number of piperazine rings is 1. The number of Topliss-reactive ketones (excluding diaryl/α,β-unsaturated/α-hetero) is 1. The van der Waals surface area contributed by atoms with Gasteiger partial charge in [0.1, 0.15) is 11.3 Å². The Morgan fingerprint density at radius 2 is 1.84 bits per heavy atom. The van der Waals surface area contributed by atoms with Gasteiger partial charge in [-0.15, -0.1) is 0 Å². The van der Waals surface area contributed by atoms with E-state index in [0.29, 0.717) is 42.5 Å². The summed E-state index contributed by atoms with van der Waals surface area (Å²) in [6.07, 6.45) is 6.70. The summed E-state index contributed by atoms with van der Waals surface area (Å²) in [4.78, 5) is 39.5. The van der Waals surface area contributed by atoms with Crippen LogP contribution in [0.2, 0.25) is 5.02 Å². The van der Waals surface area contributed by atoms with Crippen LogP contribution in [0.3, 0.4) is 0 Å². The molecular formula is C28H30ClN5O3. The number of aromatic nitrogens is 3. The molecule has 5 rings (SSSR count). The second kappa shape index (κ2) is 9.76. The van der Waals surface area contributed by atoms with Crippen LogP contribution in [0.5, 0.6) is 0 Å². The van der Waals surface area contributed by atoms with Gasteiger partial charge in [0.2, 0.25) is 5.78 Å². The van der Waals surface area contributed by atoms with E-state index in [1.807, 2.05) is 64.2 Å². The molecule has 2 aliphatic rings. The Bertz CT molecular complexity index is 1380. The fourth-order valence-corrected chi connectivity index (χ4v) is 5.05. The Balaban J connectivity index is 1.53. The molecule has 1 fully saturated rings. The third kappa shape index (κ3) is 5.17. The van der Waals surface area contributed by atoms with E-state index < -0.39 is 5.60 Å². The average Bonchev–Trinajstić information content (AvgIpc) is 3.23. The quantitative estimate of drug-likeness (QED) is 0.460. The summed E-state index contributed by atoms with van der Waals surface area (Å²) >= 11 is 6.46. The van der Waals surface area contributed by atoms with Crippen molar-refractivity contribution in [3.8, 4) is 0 Å². The maximum Gasteiger partial charge on any atom is 0.410 e. The highest BCUT2D eigenvalue weighted by Crippen LogP contribution is 2.41. The number of hydrogen-bond acceptors (Lipinski definition) is 6. The van der Waals surface area contributed by atoms with Gasteiger partial charge in [-0.2, -0.15) is 0 Å². The molecule has 0 radical (unpaired) electrons. The number of carbonyl (C=O) groups excluding carboxylic acids is 2. The summed E-state index contributed by atoms with van der Waals surface area (Å²) in [5, 5.41) is 0.547. The van der Waals surface area contributed by atoms with Gasteiger partial charge in [-0.25, -0.2) is 9.78 Å². The third-order valence-corrected chi connectivity index (χ3v) is 6.78. The number of ketones is 1. The van der Waals surface area contributed by atoms with Crippen LogP contribution in [0.4, 0.5) is 4.79 Å². The number of aryl methyl sites for hydroxylation is 1. The first-order chi connectivity index (χ1) is 17.6. The molecule has 3 aromatic rings. The summed E-state index contributed by atoms with van der Waals surface area (Å²) in [6, 6.07) is 9.31. The fraction of sp³-hybridized carbons (Fsp3) is 0.357. The molecule has 0 bridgehead atoms. The zero-order chi connectivity index (χ0) is 26.3. The molecular weight excluding hydrogens is 490 g/mol. The zero-order valence-corrected chi connectivity index (χ0v) is 22.2. The summed E-state index contributed by atoms with van der Waals surface area (Å²) in [6.45, 7) is 7.93. The minimum absolute atomic E-state index is 0.172. The highest BCUT2D eigenvalue weighted by molar-refractivity contribution is 6.34. The molecule has 9 heteroatoms. The van der Waals surface area contributed by atoms with Crippen molar-refractivity contribution in [3.05, 3.63) is 82.2 Å².